The number of aryl methyl sites for hydroxylation is 2. The van der Waals surface area contributed by atoms with Crippen molar-refractivity contribution in [1.82, 2.24) is 4.90 Å². The Kier molecular flexibility index (Phi) is 4.51. The first-order valence-electron chi connectivity index (χ1n) is 8.35. The summed E-state index contributed by atoms with van der Waals surface area (Å²) in [4.78, 5) is 2.69. The summed E-state index contributed by atoms with van der Waals surface area (Å²) in [7, 11) is 0. The average Bonchev–Trinajstić information content (AvgIpc) is 2.69. The fourth-order valence-corrected chi connectivity index (χ4v) is 3.97. The number of benzene rings is 1. The van der Waals surface area contributed by atoms with Gasteiger partial charge in [-0.3, -0.25) is 4.90 Å². The van der Waals surface area contributed by atoms with Crippen LogP contribution in [0.2, 0.25) is 0 Å². The van der Waals surface area contributed by atoms with Gasteiger partial charge in [0.2, 0.25) is 0 Å². The van der Waals surface area contributed by atoms with E-state index in [9.17, 15) is 0 Å². The molecular formula is C18H28N2O. The summed E-state index contributed by atoms with van der Waals surface area (Å²) in [6.07, 6.45) is 6.17. The van der Waals surface area contributed by atoms with Gasteiger partial charge in [-0.15, -0.1) is 0 Å². The Morgan fingerprint density at radius 2 is 1.90 bits per heavy atom. The second-order valence-corrected chi connectivity index (χ2v) is 6.83. The topological polar surface area (TPSA) is 38.5 Å². The molecule has 2 heterocycles. The van der Waals surface area contributed by atoms with Gasteiger partial charge in [0.1, 0.15) is 5.75 Å². The molecule has 2 N–H and O–H groups in total. The molecule has 0 radical (unpaired) electrons. The SMILES string of the molecule is Cc1ccc(C)c(OCCCN2C3CCC2CC(N)C3)c1. The van der Waals surface area contributed by atoms with Crippen LogP contribution in [-0.2, 0) is 0 Å². The fourth-order valence-electron chi connectivity index (χ4n) is 3.97. The zero-order valence-electron chi connectivity index (χ0n) is 13.3. The third-order valence-electron chi connectivity index (χ3n) is 5.08. The second-order valence-electron chi connectivity index (χ2n) is 6.83. The Bertz CT molecular complexity index is 474. The Labute approximate surface area is 128 Å². The molecule has 2 atom stereocenters. The lowest BCUT2D eigenvalue weighted by Gasteiger charge is -2.37. The molecule has 2 saturated heterocycles. The maximum atomic E-state index is 6.13. The number of nitrogens with two attached hydrogens (primary N) is 1. The molecule has 0 aromatic heterocycles. The molecule has 116 valence electrons. The highest BCUT2D eigenvalue weighted by molar-refractivity contribution is 5.35. The summed E-state index contributed by atoms with van der Waals surface area (Å²) >= 11 is 0. The summed E-state index contributed by atoms with van der Waals surface area (Å²) in [5, 5.41) is 0. The molecule has 0 spiro atoms. The number of hydrogen-bond donors (Lipinski definition) is 1. The van der Waals surface area contributed by atoms with E-state index in [0.29, 0.717) is 6.04 Å². The lowest BCUT2D eigenvalue weighted by atomic mass is 9.98. The van der Waals surface area contributed by atoms with Crippen LogP contribution in [0.25, 0.3) is 0 Å². The van der Waals surface area contributed by atoms with Crippen molar-refractivity contribution < 1.29 is 4.74 Å². The Balaban J connectivity index is 1.46. The summed E-state index contributed by atoms with van der Waals surface area (Å²) in [6, 6.07) is 8.32. The Morgan fingerprint density at radius 1 is 1.19 bits per heavy atom. The number of nitrogens with zero attached hydrogens (tertiary/aromatic N) is 1. The van der Waals surface area contributed by atoms with Crippen LogP contribution in [-0.4, -0.2) is 36.2 Å². The molecule has 1 aromatic carbocycles. The molecule has 21 heavy (non-hydrogen) atoms. The summed E-state index contributed by atoms with van der Waals surface area (Å²) in [6.45, 7) is 6.20. The van der Waals surface area contributed by atoms with Crippen LogP contribution < -0.4 is 10.5 Å². The largest absolute Gasteiger partial charge is 0.493 e. The molecule has 3 rings (SSSR count). The van der Waals surface area contributed by atoms with Crippen molar-refractivity contribution in [3.8, 4) is 5.75 Å². The molecule has 3 nitrogen and oxygen atoms in total. The maximum absolute atomic E-state index is 6.13. The van der Waals surface area contributed by atoms with Gasteiger partial charge in [0.15, 0.2) is 0 Å². The number of hydrogen-bond acceptors (Lipinski definition) is 3. The highest BCUT2D eigenvalue weighted by Crippen LogP contribution is 2.34. The lowest BCUT2D eigenvalue weighted by Crippen LogP contribution is -2.47. The first kappa shape index (κ1) is 14.9. The van der Waals surface area contributed by atoms with Gasteiger partial charge in [-0.05, 0) is 63.1 Å². The van der Waals surface area contributed by atoms with Crippen LogP contribution >= 0.6 is 0 Å². The highest BCUT2D eigenvalue weighted by atomic mass is 16.5. The van der Waals surface area contributed by atoms with E-state index in [1.54, 1.807) is 0 Å². The van der Waals surface area contributed by atoms with E-state index >= 15 is 0 Å². The van der Waals surface area contributed by atoms with Gasteiger partial charge in [-0.1, -0.05) is 12.1 Å². The molecule has 1 aromatic rings. The van der Waals surface area contributed by atoms with Gasteiger partial charge in [0.05, 0.1) is 6.61 Å². The predicted molar refractivity (Wildman–Crippen MR) is 86.8 cm³/mol. The number of rotatable bonds is 5. The van der Waals surface area contributed by atoms with Crippen molar-refractivity contribution in [3.63, 3.8) is 0 Å². The van der Waals surface area contributed by atoms with Crippen LogP contribution in [0.15, 0.2) is 18.2 Å². The van der Waals surface area contributed by atoms with Crippen LogP contribution in [0.1, 0.15) is 43.2 Å². The monoisotopic (exact) mass is 288 g/mol. The highest BCUT2D eigenvalue weighted by Gasteiger charge is 2.38. The zero-order chi connectivity index (χ0) is 14.8. The molecule has 2 fully saturated rings. The van der Waals surface area contributed by atoms with E-state index in [4.69, 9.17) is 10.5 Å². The summed E-state index contributed by atoms with van der Waals surface area (Å²) in [5.74, 6) is 1.04. The number of fused-ring (bicyclic) bond motifs is 2. The third-order valence-corrected chi connectivity index (χ3v) is 5.08. The molecule has 0 aliphatic carbocycles. The molecule has 2 unspecified atom stereocenters. The molecule has 0 amide bonds. The molecular weight excluding hydrogens is 260 g/mol. The zero-order valence-corrected chi connectivity index (χ0v) is 13.3. The van der Waals surface area contributed by atoms with Crippen molar-refractivity contribution in [2.24, 2.45) is 5.73 Å². The fraction of sp³-hybridized carbons (Fsp3) is 0.667. The maximum Gasteiger partial charge on any atom is 0.122 e. The van der Waals surface area contributed by atoms with Gasteiger partial charge in [-0.25, -0.2) is 0 Å². The van der Waals surface area contributed by atoms with Crippen molar-refractivity contribution in [2.75, 3.05) is 13.2 Å². The normalized spacial score (nSPS) is 28.8. The number of piperidine rings is 1. The van der Waals surface area contributed by atoms with E-state index in [-0.39, 0.29) is 0 Å². The quantitative estimate of drug-likeness (QED) is 0.846. The van der Waals surface area contributed by atoms with E-state index in [1.165, 1.54) is 36.8 Å². The van der Waals surface area contributed by atoms with Gasteiger partial charge in [0, 0.05) is 24.7 Å². The van der Waals surface area contributed by atoms with Crippen molar-refractivity contribution >= 4 is 0 Å². The Morgan fingerprint density at radius 3 is 2.62 bits per heavy atom. The first-order chi connectivity index (χ1) is 10.1. The molecule has 2 aliphatic rings. The van der Waals surface area contributed by atoms with Crippen LogP contribution in [0, 0.1) is 13.8 Å². The van der Waals surface area contributed by atoms with Gasteiger partial charge in [-0.2, -0.15) is 0 Å². The van der Waals surface area contributed by atoms with E-state index in [2.05, 4.69) is 36.9 Å². The predicted octanol–water partition coefficient (Wildman–Crippen LogP) is 3.03. The number of ether oxygens (including phenoxy) is 1. The average molecular weight is 288 g/mol. The standard InChI is InChI=1S/C18H28N2O/c1-13-4-5-14(2)18(10-13)21-9-3-8-20-16-6-7-17(20)12-15(19)11-16/h4-5,10,15-17H,3,6-9,11-12,19H2,1-2H3. The minimum Gasteiger partial charge on any atom is -0.493 e. The van der Waals surface area contributed by atoms with Crippen molar-refractivity contribution in [3.05, 3.63) is 29.3 Å². The van der Waals surface area contributed by atoms with E-state index in [1.807, 2.05) is 0 Å². The second kappa shape index (κ2) is 6.37. The van der Waals surface area contributed by atoms with Crippen LogP contribution in [0.4, 0.5) is 0 Å². The van der Waals surface area contributed by atoms with Crippen molar-refractivity contribution in [2.45, 2.75) is 64.1 Å². The molecule has 0 saturated carbocycles. The summed E-state index contributed by atoms with van der Waals surface area (Å²) < 4.78 is 5.97. The minimum atomic E-state index is 0.435. The van der Waals surface area contributed by atoms with Crippen molar-refractivity contribution in [1.29, 1.82) is 0 Å². The van der Waals surface area contributed by atoms with Gasteiger partial charge >= 0.3 is 0 Å². The minimum absolute atomic E-state index is 0.435. The third kappa shape index (κ3) is 3.41. The van der Waals surface area contributed by atoms with E-state index < -0.39 is 0 Å². The van der Waals surface area contributed by atoms with Gasteiger partial charge in [0.25, 0.3) is 0 Å². The smallest absolute Gasteiger partial charge is 0.122 e. The van der Waals surface area contributed by atoms with Crippen LogP contribution in [0.3, 0.4) is 0 Å². The van der Waals surface area contributed by atoms with Crippen LogP contribution in [0.5, 0.6) is 5.75 Å². The molecule has 2 aliphatic heterocycles. The summed E-state index contributed by atoms with van der Waals surface area (Å²) in [5.41, 5.74) is 8.62. The molecule has 2 bridgehead atoms. The Hall–Kier alpha value is -1.06. The van der Waals surface area contributed by atoms with Gasteiger partial charge < -0.3 is 10.5 Å². The first-order valence-corrected chi connectivity index (χ1v) is 8.35. The molecule has 3 heteroatoms. The van der Waals surface area contributed by atoms with E-state index in [0.717, 1.165) is 37.4 Å². The lowest BCUT2D eigenvalue weighted by molar-refractivity contribution is 0.119.